The number of carbonyl (C=O) groups excluding carboxylic acids is 2. The average molecular weight is 446 g/mol. The van der Waals surface area contributed by atoms with Crippen LogP contribution in [0.2, 0.25) is 0 Å². The first kappa shape index (κ1) is 24.1. The number of carbonyl (C=O) groups is 3. The van der Waals surface area contributed by atoms with Crippen molar-refractivity contribution in [2.75, 3.05) is 18.2 Å². The van der Waals surface area contributed by atoms with Crippen LogP contribution in [0.1, 0.15) is 18.4 Å². The third-order valence-corrected chi connectivity index (χ3v) is 5.25. The molecule has 0 aliphatic rings. The number of hydrogen-bond acceptors (Lipinski definition) is 6. The second kappa shape index (κ2) is 11.3. The Balaban J connectivity index is 2.29. The number of amides is 2. The maximum absolute atomic E-state index is 13.0. The lowest BCUT2D eigenvalue weighted by Crippen LogP contribution is -2.61. The SMILES string of the molecule is COc1ccc(N[C@@](CCC(N)=O)(NC(=O)C(CS)Cc2ccccc2)C(=O)O)cc1. The monoisotopic (exact) mass is 445 g/mol. The topological polar surface area (TPSA) is 131 Å². The van der Waals surface area contributed by atoms with Gasteiger partial charge < -0.3 is 26.2 Å². The van der Waals surface area contributed by atoms with E-state index in [1.54, 1.807) is 24.3 Å². The zero-order valence-corrected chi connectivity index (χ0v) is 18.1. The van der Waals surface area contributed by atoms with Gasteiger partial charge in [-0.05, 0) is 36.2 Å². The number of nitrogens with one attached hydrogen (secondary N) is 2. The van der Waals surface area contributed by atoms with Crippen molar-refractivity contribution in [2.24, 2.45) is 11.7 Å². The first-order chi connectivity index (χ1) is 14.8. The van der Waals surface area contributed by atoms with Gasteiger partial charge in [-0.1, -0.05) is 30.3 Å². The van der Waals surface area contributed by atoms with Gasteiger partial charge in [0.2, 0.25) is 17.5 Å². The van der Waals surface area contributed by atoms with E-state index in [1.807, 2.05) is 30.3 Å². The van der Waals surface area contributed by atoms with Gasteiger partial charge in [-0.25, -0.2) is 4.79 Å². The molecule has 0 radical (unpaired) electrons. The lowest BCUT2D eigenvalue weighted by molar-refractivity contribution is -0.147. The minimum absolute atomic E-state index is 0.217. The average Bonchev–Trinajstić information content (AvgIpc) is 2.76. The highest BCUT2D eigenvalue weighted by Gasteiger charge is 2.41. The molecule has 0 spiro atoms. The largest absolute Gasteiger partial charge is 0.497 e. The molecule has 2 aromatic carbocycles. The van der Waals surface area contributed by atoms with E-state index in [0.29, 0.717) is 17.9 Å². The van der Waals surface area contributed by atoms with Gasteiger partial charge in [-0.3, -0.25) is 9.59 Å². The van der Waals surface area contributed by atoms with Crippen LogP contribution in [0.4, 0.5) is 5.69 Å². The lowest BCUT2D eigenvalue weighted by Gasteiger charge is -2.33. The molecule has 31 heavy (non-hydrogen) atoms. The van der Waals surface area contributed by atoms with E-state index in [9.17, 15) is 19.5 Å². The molecule has 0 heterocycles. The zero-order valence-electron chi connectivity index (χ0n) is 17.2. The molecule has 0 bridgehead atoms. The molecular formula is C22H27N3O5S. The first-order valence-electron chi connectivity index (χ1n) is 9.70. The fourth-order valence-corrected chi connectivity index (χ4v) is 3.35. The third-order valence-electron chi connectivity index (χ3n) is 4.81. The van der Waals surface area contributed by atoms with Gasteiger partial charge in [0.1, 0.15) is 5.75 Å². The molecule has 0 aromatic heterocycles. The van der Waals surface area contributed by atoms with Crippen LogP contribution in [0.5, 0.6) is 5.75 Å². The van der Waals surface area contributed by atoms with Crippen molar-refractivity contribution in [3.05, 3.63) is 60.2 Å². The summed E-state index contributed by atoms with van der Waals surface area (Å²) in [6, 6.07) is 15.9. The number of anilines is 1. The predicted octanol–water partition coefficient (Wildman–Crippen LogP) is 2.06. The van der Waals surface area contributed by atoms with Crippen LogP contribution in [-0.2, 0) is 20.8 Å². The Kier molecular flexibility index (Phi) is 8.75. The van der Waals surface area contributed by atoms with Crippen LogP contribution in [0.15, 0.2) is 54.6 Å². The van der Waals surface area contributed by atoms with E-state index in [4.69, 9.17) is 10.5 Å². The standard InChI is InChI=1S/C22H27N3O5S/c1-30-18-9-7-17(8-10-18)24-22(21(28)29,12-11-19(23)26)25-20(27)16(14-31)13-15-5-3-2-4-6-15/h2-10,16,24,31H,11-14H2,1H3,(H2,23,26)(H,25,27)(H,28,29)/t16?,22-/m0/s1. The Morgan fingerprint density at radius 1 is 1.13 bits per heavy atom. The number of rotatable bonds is 12. The third kappa shape index (κ3) is 6.92. The van der Waals surface area contributed by atoms with Crippen LogP contribution in [0, 0.1) is 5.92 Å². The maximum Gasteiger partial charge on any atom is 0.350 e. The number of aliphatic carboxylic acids is 1. The molecule has 1 unspecified atom stereocenters. The van der Waals surface area contributed by atoms with Crippen LogP contribution in [0.25, 0.3) is 0 Å². The highest BCUT2D eigenvalue weighted by molar-refractivity contribution is 7.80. The number of thiol groups is 1. The maximum atomic E-state index is 13.0. The Hall–Kier alpha value is -3.20. The quantitative estimate of drug-likeness (QED) is 0.251. The van der Waals surface area contributed by atoms with Crippen LogP contribution in [0.3, 0.4) is 0 Å². The van der Waals surface area contributed by atoms with Crippen molar-refractivity contribution >= 4 is 36.1 Å². The number of benzene rings is 2. The zero-order chi connectivity index (χ0) is 22.9. The number of methoxy groups -OCH3 is 1. The summed E-state index contributed by atoms with van der Waals surface area (Å²) in [7, 11) is 1.52. The summed E-state index contributed by atoms with van der Waals surface area (Å²) in [5, 5.41) is 15.5. The Morgan fingerprint density at radius 3 is 2.29 bits per heavy atom. The van der Waals surface area contributed by atoms with Gasteiger partial charge >= 0.3 is 5.97 Å². The number of carboxylic acid groups (broad SMARTS) is 1. The van der Waals surface area contributed by atoms with Gasteiger partial charge in [0.15, 0.2) is 0 Å². The summed E-state index contributed by atoms with van der Waals surface area (Å²) >= 11 is 4.28. The number of ether oxygens (including phenoxy) is 1. The van der Waals surface area contributed by atoms with Crippen LogP contribution < -0.4 is 21.1 Å². The van der Waals surface area contributed by atoms with Crippen molar-refractivity contribution in [3.8, 4) is 5.75 Å². The summed E-state index contributed by atoms with van der Waals surface area (Å²) in [5.74, 6) is -2.27. The highest BCUT2D eigenvalue weighted by atomic mass is 32.1. The number of nitrogens with two attached hydrogens (primary N) is 1. The molecule has 2 rings (SSSR count). The second-order valence-corrected chi connectivity index (χ2v) is 7.45. The van der Waals surface area contributed by atoms with Gasteiger partial charge in [-0.2, -0.15) is 12.6 Å². The van der Waals surface area contributed by atoms with E-state index in [0.717, 1.165) is 5.56 Å². The Labute approximate surface area is 186 Å². The first-order valence-corrected chi connectivity index (χ1v) is 10.3. The highest BCUT2D eigenvalue weighted by Crippen LogP contribution is 2.23. The summed E-state index contributed by atoms with van der Waals surface area (Å²) < 4.78 is 5.11. The fourth-order valence-electron chi connectivity index (χ4n) is 3.05. The molecule has 2 aromatic rings. The molecule has 2 atom stereocenters. The summed E-state index contributed by atoms with van der Waals surface area (Å²) in [6.07, 6.45) is -0.0791. The lowest BCUT2D eigenvalue weighted by atomic mass is 9.97. The molecule has 0 saturated heterocycles. The van der Waals surface area contributed by atoms with E-state index < -0.39 is 29.4 Å². The molecule has 0 aliphatic heterocycles. The van der Waals surface area contributed by atoms with Crippen LogP contribution in [-0.4, -0.2) is 41.4 Å². The van der Waals surface area contributed by atoms with Crippen molar-refractivity contribution in [3.63, 3.8) is 0 Å². The normalized spacial score (nSPS) is 13.5. The van der Waals surface area contributed by atoms with Crippen molar-refractivity contribution < 1.29 is 24.2 Å². The van der Waals surface area contributed by atoms with Gasteiger partial charge in [0.05, 0.1) is 13.0 Å². The predicted molar refractivity (Wildman–Crippen MR) is 121 cm³/mol. The van der Waals surface area contributed by atoms with Crippen molar-refractivity contribution in [2.45, 2.75) is 24.9 Å². The molecule has 2 amide bonds. The molecule has 9 heteroatoms. The van der Waals surface area contributed by atoms with Crippen molar-refractivity contribution in [1.29, 1.82) is 0 Å². The van der Waals surface area contributed by atoms with Gasteiger partial charge in [-0.15, -0.1) is 0 Å². The number of carboxylic acids is 1. The number of hydrogen-bond donors (Lipinski definition) is 5. The van der Waals surface area contributed by atoms with E-state index in [-0.39, 0.29) is 18.6 Å². The number of primary amides is 1. The fraction of sp³-hybridized carbons (Fsp3) is 0.318. The second-order valence-electron chi connectivity index (χ2n) is 7.09. The van der Waals surface area contributed by atoms with Crippen LogP contribution >= 0.6 is 12.6 Å². The minimum atomic E-state index is -1.93. The van der Waals surface area contributed by atoms with E-state index in [1.165, 1.54) is 7.11 Å². The molecule has 0 saturated carbocycles. The van der Waals surface area contributed by atoms with E-state index in [2.05, 4.69) is 23.3 Å². The molecular weight excluding hydrogens is 418 g/mol. The summed E-state index contributed by atoms with van der Waals surface area (Å²) in [5.41, 5.74) is 4.67. The molecule has 166 valence electrons. The Morgan fingerprint density at radius 2 is 1.77 bits per heavy atom. The van der Waals surface area contributed by atoms with Gasteiger partial charge in [0, 0.05) is 24.3 Å². The van der Waals surface area contributed by atoms with E-state index >= 15 is 0 Å². The minimum Gasteiger partial charge on any atom is -0.497 e. The van der Waals surface area contributed by atoms with Gasteiger partial charge in [0.25, 0.3) is 0 Å². The Bertz CT molecular complexity index is 892. The smallest absolute Gasteiger partial charge is 0.350 e. The summed E-state index contributed by atoms with van der Waals surface area (Å²) in [4.78, 5) is 36.7. The molecule has 5 N–H and O–H groups in total. The molecule has 8 nitrogen and oxygen atoms in total. The molecule has 0 aliphatic carbocycles. The molecule has 0 fully saturated rings. The van der Waals surface area contributed by atoms with Crippen molar-refractivity contribution in [1.82, 2.24) is 5.32 Å². The summed E-state index contributed by atoms with van der Waals surface area (Å²) in [6.45, 7) is 0.